The van der Waals surface area contributed by atoms with E-state index in [1.807, 2.05) is 32.2 Å². The number of nitrogens with one attached hydrogen (secondary N) is 1. The van der Waals surface area contributed by atoms with Crippen LogP contribution in [0.5, 0.6) is 5.75 Å². The smallest absolute Gasteiger partial charge is 0.187 e. The molecule has 0 amide bonds. The first kappa shape index (κ1) is 14.8. The average Bonchev–Trinajstić information content (AvgIpc) is 2.51. The van der Waals surface area contributed by atoms with E-state index >= 15 is 0 Å². The van der Waals surface area contributed by atoms with Crippen molar-refractivity contribution < 1.29 is 4.74 Å². The van der Waals surface area contributed by atoms with Crippen LogP contribution in [0.1, 0.15) is 18.5 Å². The van der Waals surface area contributed by atoms with Gasteiger partial charge >= 0.3 is 0 Å². The van der Waals surface area contributed by atoms with E-state index in [9.17, 15) is 0 Å². The van der Waals surface area contributed by atoms with Gasteiger partial charge in [0, 0.05) is 24.2 Å². The quantitative estimate of drug-likeness (QED) is 0.627. The molecule has 1 heterocycles. The molecule has 20 heavy (non-hydrogen) atoms. The average molecular weight is 289 g/mol. The van der Waals surface area contributed by atoms with Crippen LogP contribution in [0.15, 0.2) is 47.9 Å². The molecule has 1 atom stereocenters. The van der Waals surface area contributed by atoms with Crippen LogP contribution in [0.25, 0.3) is 0 Å². The van der Waals surface area contributed by atoms with Crippen LogP contribution in [0.4, 0.5) is 0 Å². The summed E-state index contributed by atoms with van der Waals surface area (Å²) in [6, 6.07) is 10.3. The van der Waals surface area contributed by atoms with Crippen molar-refractivity contribution >= 4 is 11.8 Å². The van der Waals surface area contributed by atoms with E-state index in [1.165, 1.54) is 5.56 Å². The van der Waals surface area contributed by atoms with Crippen molar-refractivity contribution in [3.8, 4) is 5.75 Å². The minimum absolute atomic E-state index is 0.263. The van der Waals surface area contributed by atoms with Crippen molar-refractivity contribution in [3.63, 3.8) is 0 Å². The van der Waals surface area contributed by atoms with Crippen LogP contribution in [-0.2, 0) is 0 Å². The largest absolute Gasteiger partial charge is 0.494 e. The van der Waals surface area contributed by atoms with Crippen LogP contribution >= 0.6 is 11.8 Å². The molecule has 0 aliphatic rings. The van der Waals surface area contributed by atoms with Gasteiger partial charge in [-0.2, -0.15) is 0 Å². The first-order valence-electron chi connectivity index (χ1n) is 6.63. The van der Waals surface area contributed by atoms with Crippen LogP contribution in [0.2, 0.25) is 0 Å². The minimum atomic E-state index is 0.263. The number of thioether (sulfide) groups is 1. The van der Waals surface area contributed by atoms with Gasteiger partial charge in [0.1, 0.15) is 5.75 Å². The Morgan fingerprint density at radius 2 is 1.90 bits per heavy atom. The van der Waals surface area contributed by atoms with E-state index in [4.69, 9.17) is 4.74 Å². The van der Waals surface area contributed by atoms with Gasteiger partial charge in [0.25, 0.3) is 0 Å². The number of ether oxygens (including phenoxy) is 1. The number of hydrogen-bond donors (Lipinski definition) is 1. The molecular formula is C15H19N3OS. The van der Waals surface area contributed by atoms with Crippen molar-refractivity contribution in [1.29, 1.82) is 0 Å². The van der Waals surface area contributed by atoms with E-state index < -0.39 is 0 Å². The number of aromatic nitrogens is 2. The fraction of sp³-hybridized carbons (Fsp3) is 0.333. The molecule has 0 fully saturated rings. The summed E-state index contributed by atoms with van der Waals surface area (Å²) >= 11 is 1.65. The van der Waals surface area contributed by atoms with Gasteiger partial charge < -0.3 is 10.1 Å². The maximum Gasteiger partial charge on any atom is 0.187 e. The van der Waals surface area contributed by atoms with Crippen molar-refractivity contribution in [3.05, 3.63) is 48.3 Å². The summed E-state index contributed by atoms with van der Waals surface area (Å²) in [5.41, 5.74) is 1.24. The first-order chi connectivity index (χ1) is 9.83. The molecule has 1 aromatic carbocycles. The van der Waals surface area contributed by atoms with Crippen molar-refractivity contribution in [2.75, 3.05) is 19.4 Å². The van der Waals surface area contributed by atoms with Gasteiger partial charge in [-0.15, -0.1) is 0 Å². The summed E-state index contributed by atoms with van der Waals surface area (Å²) in [6.45, 7) is 2.68. The fourth-order valence-electron chi connectivity index (χ4n) is 1.83. The van der Waals surface area contributed by atoms with E-state index in [1.54, 1.807) is 24.2 Å². The molecule has 4 nitrogen and oxygen atoms in total. The number of rotatable bonds is 7. The summed E-state index contributed by atoms with van der Waals surface area (Å²) in [4.78, 5) is 8.44. The Labute approximate surface area is 124 Å². The Morgan fingerprint density at radius 1 is 1.20 bits per heavy atom. The first-order valence-corrected chi connectivity index (χ1v) is 7.62. The second kappa shape index (κ2) is 7.87. The predicted molar refractivity (Wildman–Crippen MR) is 82.2 cm³/mol. The lowest BCUT2D eigenvalue weighted by molar-refractivity contribution is 0.340. The molecule has 0 spiro atoms. The maximum absolute atomic E-state index is 5.46. The monoisotopic (exact) mass is 289 g/mol. The Morgan fingerprint density at radius 3 is 2.50 bits per heavy atom. The van der Waals surface area contributed by atoms with E-state index in [2.05, 4.69) is 27.4 Å². The molecule has 0 aliphatic heterocycles. The van der Waals surface area contributed by atoms with Crippen LogP contribution in [0, 0.1) is 0 Å². The number of nitrogens with zero attached hydrogens (tertiary/aromatic N) is 2. The van der Waals surface area contributed by atoms with Crippen molar-refractivity contribution in [2.45, 2.75) is 18.1 Å². The van der Waals surface area contributed by atoms with Crippen molar-refractivity contribution in [2.24, 2.45) is 0 Å². The highest BCUT2D eigenvalue weighted by Crippen LogP contribution is 2.23. The summed E-state index contributed by atoms with van der Waals surface area (Å²) in [5, 5.41) is 4.13. The van der Waals surface area contributed by atoms with Crippen LogP contribution < -0.4 is 10.1 Å². The summed E-state index contributed by atoms with van der Waals surface area (Å²) in [7, 11) is 1.97. The van der Waals surface area contributed by atoms with E-state index in [-0.39, 0.29) is 6.04 Å². The fourth-order valence-corrected chi connectivity index (χ4v) is 2.77. The molecule has 2 aromatic rings. The van der Waals surface area contributed by atoms with Gasteiger partial charge in [-0.1, -0.05) is 23.9 Å². The molecule has 0 bridgehead atoms. The normalized spacial score (nSPS) is 12.1. The molecule has 1 unspecified atom stereocenters. The predicted octanol–water partition coefficient (Wildman–Crippen LogP) is 2.93. The standard InChI is InChI=1S/C15H19N3OS/c1-3-19-13-7-5-12(6-8-13)14(16-2)11-20-15-17-9-4-10-18-15/h4-10,14,16H,3,11H2,1-2H3. The minimum Gasteiger partial charge on any atom is -0.494 e. The van der Waals surface area contributed by atoms with Gasteiger partial charge in [0.2, 0.25) is 0 Å². The molecule has 0 saturated heterocycles. The molecule has 5 heteroatoms. The van der Waals surface area contributed by atoms with Gasteiger partial charge in [-0.05, 0) is 37.7 Å². The lowest BCUT2D eigenvalue weighted by Gasteiger charge is -2.16. The van der Waals surface area contributed by atoms with Crippen LogP contribution in [0.3, 0.4) is 0 Å². The molecule has 0 aliphatic carbocycles. The van der Waals surface area contributed by atoms with E-state index in [0.29, 0.717) is 6.61 Å². The van der Waals surface area contributed by atoms with Crippen LogP contribution in [-0.4, -0.2) is 29.4 Å². The van der Waals surface area contributed by atoms with Gasteiger partial charge in [-0.25, -0.2) is 9.97 Å². The SMILES string of the molecule is CCOc1ccc(C(CSc2ncccn2)NC)cc1. The third-order valence-corrected chi connectivity index (χ3v) is 3.83. The number of benzene rings is 1. The summed E-state index contributed by atoms with van der Waals surface area (Å²) in [5.74, 6) is 1.79. The Balaban J connectivity index is 1.97. The molecular weight excluding hydrogens is 270 g/mol. The highest BCUT2D eigenvalue weighted by Gasteiger charge is 2.10. The topological polar surface area (TPSA) is 47.0 Å². The molecule has 0 saturated carbocycles. The highest BCUT2D eigenvalue weighted by atomic mass is 32.2. The Hall–Kier alpha value is -1.59. The van der Waals surface area contributed by atoms with Crippen molar-refractivity contribution in [1.82, 2.24) is 15.3 Å². The zero-order chi connectivity index (χ0) is 14.2. The molecule has 0 radical (unpaired) electrons. The van der Waals surface area contributed by atoms with E-state index in [0.717, 1.165) is 16.7 Å². The highest BCUT2D eigenvalue weighted by molar-refractivity contribution is 7.99. The Kier molecular flexibility index (Phi) is 5.83. The van der Waals surface area contributed by atoms with Gasteiger partial charge in [0.05, 0.1) is 6.61 Å². The second-order valence-electron chi connectivity index (χ2n) is 4.19. The van der Waals surface area contributed by atoms with Gasteiger partial charge in [-0.3, -0.25) is 0 Å². The number of hydrogen-bond acceptors (Lipinski definition) is 5. The zero-order valence-corrected chi connectivity index (χ0v) is 12.6. The third-order valence-electron chi connectivity index (χ3n) is 2.86. The lowest BCUT2D eigenvalue weighted by atomic mass is 10.1. The molecule has 106 valence electrons. The molecule has 1 aromatic heterocycles. The van der Waals surface area contributed by atoms with Gasteiger partial charge in [0.15, 0.2) is 5.16 Å². The third kappa shape index (κ3) is 4.21. The molecule has 2 rings (SSSR count). The Bertz CT molecular complexity index is 504. The lowest BCUT2D eigenvalue weighted by Crippen LogP contribution is -2.18. The maximum atomic E-state index is 5.46. The summed E-state index contributed by atoms with van der Waals surface area (Å²) in [6.07, 6.45) is 3.53. The summed E-state index contributed by atoms with van der Waals surface area (Å²) < 4.78 is 5.46. The zero-order valence-electron chi connectivity index (χ0n) is 11.7. The molecule has 1 N–H and O–H groups in total. The second-order valence-corrected chi connectivity index (χ2v) is 5.17.